The van der Waals surface area contributed by atoms with E-state index in [0.717, 1.165) is 31.2 Å². The zero-order valence-electron chi connectivity index (χ0n) is 10.9. The Labute approximate surface area is 117 Å². The summed E-state index contributed by atoms with van der Waals surface area (Å²) in [4.78, 5) is 26.3. The monoisotopic (exact) mass is 277 g/mol. The molecule has 0 bridgehead atoms. The van der Waals surface area contributed by atoms with Crippen molar-refractivity contribution in [3.63, 3.8) is 0 Å². The van der Waals surface area contributed by atoms with E-state index in [1.807, 2.05) is 13.0 Å². The van der Waals surface area contributed by atoms with Gasteiger partial charge < -0.3 is 0 Å². The number of benzene rings is 1. The molecule has 100 valence electrons. The van der Waals surface area contributed by atoms with Gasteiger partial charge in [-0.15, -0.1) is 0 Å². The molecule has 2 amide bonds. The number of carbonyl (C=O) groups excluding carboxylic acids is 2. The SMILES string of the molecule is Cc1ccc(Cl)cc1N1C(=O)C2CCCCC2C1=O. The molecule has 1 heterocycles. The zero-order valence-corrected chi connectivity index (χ0v) is 11.6. The summed E-state index contributed by atoms with van der Waals surface area (Å²) in [6.07, 6.45) is 3.77. The Morgan fingerprint density at radius 1 is 1.11 bits per heavy atom. The molecule has 0 spiro atoms. The Kier molecular flexibility index (Phi) is 3.09. The van der Waals surface area contributed by atoms with Crippen LogP contribution in [0.5, 0.6) is 0 Å². The predicted molar refractivity (Wildman–Crippen MR) is 74.1 cm³/mol. The number of nitrogens with zero attached hydrogens (tertiary/aromatic N) is 1. The molecule has 1 aromatic carbocycles. The van der Waals surface area contributed by atoms with Gasteiger partial charge >= 0.3 is 0 Å². The fourth-order valence-electron chi connectivity index (χ4n) is 3.22. The largest absolute Gasteiger partial charge is 0.274 e. The molecule has 0 N–H and O–H groups in total. The smallest absolute Gasteiger partial charge is 0.237 e. The van der Waals surface area contributed by atoms with Gasteiger partial charge in [0.25, 0.3) is 0 Å². The van der Waals surface area contributed by atoms with Gasteiger partial charge in [-0.1, -0.05) is 30.5 Å². The molecule has 1 aliphatic heterocycles. The Hall–Kier alpha value is -1.35. The van der Waals surface area contributed by atoms with Crippen LogP contribution in [0.4, 0.5) is 5.69 Å². The molecule has 3 nitrogen and oxygen atoms in total. The molecule has 19 heavy (non-hydrogen) atoms. The van der Waals surface area contributed by atoms with Gasteiger partial charge in [-0.05, 0) is 37.5 Å². The maximum atomic E-state index is 12.5. The minimum Gasteiger partial charge on any atom is -0.274 e. The minimum atomic E-state index is -0.111. The Morgan fingerprint density at radius 3 is 2.26 bits per heavy atom. The normalized spacial score (nSPS) is 26.7. The molecule has 3 rings (SSSR count). The van der Waals surface area contributed by atoms with Crippen LogP contribution in [0.3, 0.4) is 0 Å². The lowest BCUT2D eigenvalue weighted by Crippen LogP contribution is -2.31. The van der Waals surface area contributed by atoms with Crippen molar-refractivity contribution >= 4 is 29.1 Å². The Bertz CT molecular complexity index is 531. The van der Waals surface area contributed by atoms with Crippen molar-refractivity contribution in [2.75, 3.05) is 4.90 Å². The van der Waals surface area contributed by atoms with Crippen LogP contribution in [-0.2, 0) is 9.59 Å². The van der Waals surface area contributed by atoms with Gasteiger partial charge in [-0.25, -0.2) is 4.90 Å². The molecule has 1 saturated carbocycles. The lowest BCUT2D eigenvalue weighted by atomic mass is 9.81. The average molecular weight is 278 g/mol. The van der Waals surface area contributed by atoms with Crippen molar-refractivity contribution < 1.29 is 9.59 Å². The second-order valence-corrected chi connectivity index (χ2v) is 5.88. The Morgan fingerprint density at radius 2 is 1.68 bits per heavy atom. The van der Waals surface area contributed by atoms with Gasteiger partial charge in [0.1, 0.15) is 0 Å². The molecule has 2 unspecified atom stereocenters. The van der Waals surface area contributed by atoms with Crippen molar-refractivity contribution in [1.82, 2.24) is 0 Å². The summed E-state index contributed by atoms with van der Waals surface area (Å²) in [7, 11) is 0. The summed E-state index contributed by atoms with van der Waals surface area (Å²) in [5.41, 5.74) is 1.56. The van der Waals surface area contributed by atoms with Crippen LogP contribution in [0.1, 0.15) is 31.2 Å². The number of fused-ring (bicyclic) bond motifs is 1. The van der Waals surface area contributed by atoms with Crippen molar-refractivity contribution in [3.05, 3.63) is 28.8 Å². The number of hydrogen-bond donors (Lipinski definition) is 0. The molecular weight excluding hydrogens is 262 g/mol. The van der Waals surface area contributed by atoms with Crippen LogP contribution in [0.25, 0.3) is 0 Å². The first-order valence-corrected chi connectivity index (χ1v) is 7.11. The molecule has 2 fully saturated rings. The van der Waals surface area contributed by atoms with E-state index in [1.54, 1.807) is 12.1 Å². The summed E-state index contributed by atoms with van der Waals surface area (Å²) in [6.45, 7) is 1.90. The van der Waals surface area contributed by atoms with E-state index < -0.39 is 0 Å². The average Bonchev–Trinajstić information content (AvgIpc) is 2.66. The minimum absolute atomic E-state index is 0.0416. The second-order valence-electron chi connectivity index (χ2n) is 5.44. The molecule has 1 saturated heterocycles. The highest BCUT2D eigenvalue weighted by molar-refractivity contribution is 6.31. The number of anilines is 1. The summed E-state index contributed by atoms with van der Waals surface area (Å²) < 4.78 is 0. The van der Waals surface area contributed by atoms with Gasteiger partial charge in [-0.2, -0.15) is 0 Å². The molecule has 0 aromatic heterocycles. The first-order valence-electron chi connectivity index (χ1n) is 6.73. The highest BCUT2D eigenvalue weighted by Crippen LogP contribution is 2.41. The van der Waals surface area contributed by atoms with Gasteiger partial charge in [0.2, 0.25) is 11.8 Å². The molecule has 0 radical (unpaired) electrons. The zero-order chi connectivity index (χ0) is 13.6. The summed E-state index contributed by atoms with van der Waals surface area (Å²) in [6, 6.07) is 5.34. The van der Waals surface area contributed by atoms with Crippen LogP contribution >= 0.6 is 11.6 Å². The van der Waals surface area contributed by atoms with Crippen LogP contribution in [0.2, 0.25) is 5.02 Å². The van der Waals surface area contributed by atoms with E-state index in [4.69, 9.17) is 11.6 Å². The van der Waals surface area contributed by atoms with Crippen molar-refractivity contribution in [1.29, 1.82) is 0 Å². The number of imide groups is 1. The van der Waals surface area contributed by atoms with Crippen LogP contribution in [-0.4, -0.2) is 11.8 Å². The van der Waals surface area contributed by atoms with Gasteiger partial charge in [0.15, 0.2) is 0 Å². The molecule has 1 aromatic rings. The highest BCUT2D eigenvalue weighted by Gasteiger charge is 2.48. The van der Waals surface area contributed by atoms with Crippen molar-refractivity contribution in [2.45, 2.75) is 32.6 Å². The van der Waals surface area contributed by atoms with Crippen LogP contribution in [0.15, 0.2) is 18.2 Å². The third kappa shape index (κ3) is 1.96. The number of hydrogen-bond acceptors (Lipinski definition) is 2. The van der Waals surface area contributed by atoms with Gasteiger partial charge in [0, 0.05) is 5.02 Å². The van der Waals surface area contributed by atoms with Crippen molar-refractivity contribution in [3.8, 4) is 0 Å². The topological polar surface area (TPSA) is 37.4 Å². The number of carbonyl (C=O) groups is 2. The molecule has 1 aliphatic carbocycles. The third-order valence-electron chi connectivity index (χ3n) is 4.25. The standard InChI is InChI=1S/C15H16ClNO2/c1-9-6-7-10(16)8-13(9)17-14(18)11-4-2-3-5-12(11)15(17)19/h6-8,11-12H,2-5H2,1H3. The van der Waals surface area contributed by atoms with Crippen LogP contribution < -0.4 is 4.90 Å². The third-order valence-corrected chi connectivity index (χ3v) is 4.49. The second kappa shape index (κ2) is 4.64. The molecular formula is C15H16ClNO2. The predicted octanol–water partition coefficient (Wildman–Crippen LogP) is 3.33. The summed E-state index contributed by atoms with van der Waals surface area (Å²) in [5.74, 6) is -0.306. The maximum absolute atomic E-state index is 12.5. The Balaban J connectivity index is 2.03. The molecule has 4 heteroatoms. The van der Waals surface area contributed by atoms with E-state index in [1.165, 1.54) is 4.90 Å². The van der Waals surface area contributed by atoms with E-state index in [9.17, 15) is 9.59 Å². The fourth-order valence-corrected chi connectivity index (χ4v) is 3.39. The number of amides is 2. The number of halogens is 1. The van der Waals surface area contributed by atoms with Gasteiger partial charge in [-0.3, -0.25) is 9.59 Å². The van der Waals surface area contributed by atoms with Gasteiger partial charge in [0.05, 0.1) is 17.5 Å². The number of aryl methyl sites for hydroxylation is 1. The summed E-state index contributed by atoms with van der Waals surface area (Å²) >= 11 is 5.99. The lowest BCUT2D eigenvalue weighted by molar-refractivity contribution is -0.122. The van der Waals surface area contributed by atoms with Crippen LogP contribution in [0, 0.1) is 18.8 Å². The van der Waals surface area contributed by atoms with E-state index >= 15 is 0 Å². The van der Waals surface area contributed by atoms with Crippen molar-refractivity contribution in [2.24, 2.45) is 11.8 Å². The van der Waals surface area contributed by atoms with E-state index in [-0.39, 0.29) is 23.7 Å². The lowest BCUT2D eigenvalue weighted by Gasteiger charge is -2.19. The molecule has 2 atom stereocenters. The maximum Gasteiger partial charge on any atom is 0.237 e. The summed E-state index contributed by atoms with van der Waals surface area (Å²) in [5, 5.41) is 0.552. The van der Waals surface area contributed by atoms with E-state index in [2.05, 4.69) is 0 Å². The quantitative estimate of drug-likeness (QED) is 0.739. The van der Waals surface area contributed by atoms with E-state index in [0.29, 0.717) is 10.7 Å². The first kappa shape index (κ1) is 12.7. The number of rotatable bonds is 1. The first-order chi connectivity index (χ1) is 9.09. The molecule has 2 aliphatic rings. The highest BCUT2D eigenvalue weighted by atomic mass is 35.5. The fraction of sp³-hybridized carbons (Fsp3) is 0.467.